The summed E-state index contributed by atoms with van der Waals surface area (Å²) in [5.74, 6) is 0.574. The fourth-order valence-electron chi connectivity index (χ4n) is 2.95. The highest BCUT2D eigenvalue weighted by Gasteiger charge is 2.30. The predicted octanol–water partition coefficient (Wildman–Crippen LogP) is 1.40. The third-order valence-electron chi connectivity index (χ3n) is 4.00. The monoisotopic (exact) mass is 322 g/mol. The van der Waals surface area contributed by atoms with Gasteiger partial charge in [-0.05, 0) is 19.4 Å². The molecule has 0 spiro atoms. The predicted molar refractivity (Wildman–Crippen MR) is 84.1 cm³/mol. The Morgan fingerprint density at radius 1 is 1.41 bits per heavy atom. The largest absolute Gasteiger partial charge is 0.495 e. The molecule has 6 nitrogen and oxygen atoms in total. The third kappa shape index (κ3) is 2.56. The van der Waals surface area contributed by atoms with Crippen LogP contribution in [0.5, 0.6) is 5.75 Å². The van der Waals surface area contributed by atoms with Gasteiger partial charge in [-0.3, -0.25) is 4.79 Å². The second-order valence-electron chi connectivity index (χ2n) is 5.58. The number of methoxy groups -OCH3 is 1. The average molecular weight is 322 g/mol. The van der Waals surface area contributed by atoms with Gasteiger partial charge in [0.15, 0.2) is 9.84 Å². The Morgan fingerprint density at radius 3 is 2.82 bits per heavy atom. The summed E-state index contributed by atoms with van der Waals surface area (Å²) in [7, 11) is -1.44. The molecule has 2 N–H and O–H groups in total. The molecule has 1 unspecified atom stereocenters. The number of hydrogen-bond acceptors (Lipinski definition) is 4. The van der Waals surface area contributed by atoms with Gasteiger partial charge in [-0.2, -0.15) is 0 Å². The molecule has 1 amide bonds. The van der Waals surface area contributed by atoms with Crippen LogP contribution in [0.25, 0.3) is 10.9 Å². The summed E-state index contributed by atoms with van der Waals surface area (Å²) in [6, 6.07) is 5.18. The molecular weight excluding hydrogens is 304 g/mol. The molecule has 0 saturated carbocycles. The van der Waals surface area contributed by atoms with E-state index in [0.29, 0.717) is 17.7 Å². The van der Waals surface area contributed by atoms with E-state index in [-0.39, 0.29) is 23.5 Å². The maximum Gasteiger partial charge on any atom is 0.253 e. The molecule has 1 atom stereocenters. The van der Waals surface area contributed by atoms with Gasteiger partial charge >= 0.3 is 0 Å². The zero-order chi connectivity index (χ0) is 15.9. The summed E-state index contributed by atoms with van der Waals surface area (Å²) >= 11 is 0. The van der Waals surface area contributed by atoms with Crippen LogP contribution in [0.2, 0.25) is 0 Å². The molecule has 0 radical (unpaired) electrons. The first-order valence-corrected chi connectivity index (χ1v) is 8.90. The number of H-pyrrole nitrogens is 1. The molecular formula is C15H18N2O4S. The van der Waals surface area contributed by atoms with Crippen LogP contribution in [0.4, 0.5) is 0 Å². The number of aromatic nitrogens is 1. The van der Waals surface area contributed by atoms with Crippen LogP contribution >= 0.6 is 0 Å². The molecule has 1 aromatic heterocycles. The van der Waals surface area contributed by atoms with Crippen molar-refractivity contribution in [1.29, 1.82) is 0 Å². The Labute approximate surface area is 128 Å². The van der Waals surface area contributed by atoms with E-state index in [1.807, 2.05) is 25.1 Å². The number of nitrogens with one attached hydrogen (secondary N) is 2. The van der Waals surface area contributed by atoms with Gasteiger partial charge in [0.2, 0.25) is 0 Å². The number of carbonyl (C=O) groups excluding carboxylic acids is 1. The number of benzene rings is 1. The number of amides is 1. The number of aryl methyl sites for hydroxylation is 1. The SMILES string of the molecule is COc1cccc2c(C(=O)NC3CCS(=O)(=O)C3)c(C)[nH]c12. The Kier molecular flexibility index (Phi) is 3.60. The zero-order valence-electron chi connectivity index (χ0n) is 12.5. The van der Waals surface area contributed by atoms with Gasteiger partial charge in [0.05, 0.1) is 29.7 Å². The van der Waals surface area contributed by atoms with Gasteiger partial charge in [-0.1, -0.05) is 12.1 Å². The maximum atomic E-state index is 12.5. The molecule has 3 rings (SSSR count). The van der Waals surface area contributed by atoms with Gasteiger partial charge in [-0.25, -0.2) is 8.42 Å². The zero-order valence-corrected chi connectivity index (χ0v) is 13.3. The van der Waals surface area contributed by atoms with Crippen LogP contribution in [0.3, 0.4) is 0 Å². The minimum Gasteiger partial charge on any atom is -0.495 e. The first-order valence-electron chi connectivity index (χ1n) is 7.08. The first kappa shape index (κ1) is 14.9. The first-order chi connectivity index (χ1) is 10.4. The average Bonchev–Trinajstić information content (AvgIpc) is 2.96. The minimum absolute atomic E-state index is 0.0173. The topological polar surface area (TPSA) is 88.3 Å². The number of aromatic amines is 1. The molecule has 2 aromatic rings. The molecule has 1 aliphatic heterocycles. The summed E-state index contributed by atoms with van der Waals surface area (Å²) in [5, 5.41) is 3.60. The van der Waals surface area contributed by atoms with Crippen LogP contribution < -0.4 is 10.1 Å². The van der Waals surface area contributed by atoms with Crippen molar-refractivity contribution >= 4 is 26.6 Å². The molecule has 0 aliphatic carbocycles. The Morgan fingerprint density at radius 2 is 2.18 bits per heavy atom. The number of sulfone groups is 1. The van der Waals surface area contributed by atoms with Crippen LogP contribution in [-0.2, 0) is 9.84 Å². The lowest BCUT2D eigenvalue weighted by Crippen LogP contribution is -2.35. The van der Waals surface area contributed by atoms with E-state index in [9.17, 15) is 13.2 Å². The molecule has 0 bridgehead atoms. The van der Waals surface area contributed by atoms with Crippen molar-refractivity contribution in [3.8, 4) is 5.75 Å². The van der Waals surface area contributed by atoms with Gasteiger partial charge in [0.25, 0.3) is 5.91 Å². The molecule has 1 saturated heterocycles. The number of rotatable bonds is 3. The van der Waals surface area contributed by atoms with Crippen molar-refractivity contribution in [2.45, 2.75) is 19.4 Å². The van der Waals surface area contributed by atoms with Crippen LogP contribution in [0.1, 0.15) is 22.5 Å². The standard InChI is InChI=1S/C15H18N2O4S/c1-9-13(11-4-3-5-12(21-2)14(11)16-9)15(18)17-10-6-7-22(19,20)8-10/h3-5,10,16H,6-8H2,1-2H3,(H,17,18). The van der Waals surface area contributed by atoms with E-state index in [1.54, 1.807) is 7.11 Å². The summed E-state index contributed by atoms with van der Waals surface area (Å²) in [4.78, 5) is 15.7. The molecule has 2 heterocycles. The van der Waals surface area contributed by atoms with E-state index in [1.165, 1.54) is 0 Å². The van der Waals surface area contributed by atoms with Crippen molar-refractivity contribution in [2.75, 3.05) is 18.6 Å². The highest BCUT2D eigenvalue weighted by atomic mass is 32.2. The Bertz CT molecular complexity index is 839. The number of ether oxygens (including phenoxy) is 1. The van der Waals surface area contributed by atoms with E-state index in [4.69, 9.17) is 4.74 Å². The van der Waals surface area contributed by atoms with Crippen LogP contribution in [0, 0.1) is 6.92 Å². The second-order valence-corrected chi connectivity index (χ2v) is 7.81. The van der Waals surface area contributed by atoms with E-state index in [0.717, 1.165) is 16.6 Å². The molecule has 118 valence electrons. The second kappa shape index (κ2) is 5.31. The highest BCUT2D eigenvalue weighted by molar-refractivity contribution is 7.91. The molecule has 22 heavy (non-hydrogen) atoms. The Hall–Kier alpha value is -2.02. The van der Waals surface area contributed by atoms with Crippen molar-refractivity contribution in [3.05, 3.63) is 29.5 Å². The molecule has 1 aliphatic rings. The van der Waals surface area contributed by atoms with E-state index in [2.05, 4.69) is 10.3 Å². The van der Waals surface area contributed by atoms with Gasteiger partial charge in [0, 0.05) is 17.1 Å². The highest BCUT2D eigenvalue weighted by Crippen LogP contribution is 2.29. The molecule has 1 fully saturated rings. The quantitative estimate of drug-likeness (QED) is 0.894. The van der Waals surface area contributed by atoms with E-state index < -0.39 is 9.84 Å². The van der Waals surface area contributed by atoms with Crippen molar-refractivity contribution in [3.63, 3.8) is 0 Å². The number of fused-ring (bicyclic) bond motifs is 1. The Balaban J connectivity index is 1.93. The van der Waals surface area contributed by atoms with Crippen molar-refractivity contribution < 1.29 is 17.9 Å². The number of hydrogen-bond donors (Lipinski definition) is 2. The summed E-state index contributed by atoms with van der Waals surface area (Å²) in [5.41, 5.74) is 2.04. The molecule has 1 aromatic carbocycles. The van der Waals surface area contributed by atoms with Gasteiger partial charge in [0.1, 0.15) is 5.75 Å². The van der Waals surface area contributed by atoms with E-state index >= 15 is 0 Å². The normalized spacial score (nSPS) is 20.2. The third-order valence-corrected chi connectivity index (χ3v) is 5.77. The van der Waals surface area contributed by atoms with Crippen LogP contribution in [-0.4, -0.2) is 44.0 Å². The fraction of sp³-hybridized carbons (Fsp3) is 0.400. The van der Waals surface area contributed by atoms with Crippen LogP contribution in [0.15, 0.2) is 18.2 Å². The number of para-hydroxylation sites is 1. The minimum atomic E-state index is -3.02. The molecule has 7 heteroatoms. The smallest absolute Gasteiger partial charge is 0.253 e. The van der Waals surface area contributed by atoms with Crippen molar-refractivity contribution in [1.82, 2.24) is 10.3 Å². The summed E-state index contributed by atoms with van der Waals surface area (Å²) in [6.07, 6.45) is 0.471. The van der Waals surface area contributed by atoms with Gasteiger partial charge < -0.3 is 15.0 Å². The van der Waals surface area contributed by atoms with Gasteiger partial charge in [-0.15, -0.1) is 0 Å². The lowest BCUT2D eigenvalue weighted by atomic mass is 10.1. The fourth-order valence-corrected chi connectivity index (χ4v) is 4.62. The number of carbonyl (C=O) groups is 1. The summed E-state index contributed by atoms with van der Waals surface area (Å²) < 4.78 is 28.3. The van der Waals surface area contributed by atoms with Crippen molar-refractivity contribution in [2.24, 2.45) is 0 Å². The summed E-state index contributed by atoms with van der Waals surface area (Å²) in [6.45, 7) is 1.82. The maximum absolute atomic E-state index is 12.5. The lowest BCUT2D eigenvalue weighted by Gasteiger charge is -2.11. The lowest BCUT2D eigenvalue weighted by molar-refractivity contribution is 0.0942.